The maximum atomic E-state index is 12.5. The summed E-state index contributed by atoms with van der Waals surface area (Å²) in [5.41, 5.74) is 2.29. The van der Waals surface area contributed by atoms with E-state index in [1.165, 1.54) is 0 Å². The minimum atomic E-state index is -0.150. The van der Waals surface area contributed by atoms with Crippen LogP contribution in [0.2, 0.25) is 10.0 Å². The van der Waals surface area contributed by atoms with Gasteiger partial charge in [0.25, 0.3) is 5.82 Å². The van der Waals surface area contributed by atoms with E-state index in [9.17, 15) is 4.79 Å². The van der Waals surface area contributed by atoms with Crippen LogP contribution in [0.4, 0.5) is 5.82 Å². The van der Waals surface area contributed by atoms with Crippen LogP contribution < -0.4 is 15.4 Å². The molecule has 6 nitrogen and oxygen atoms in total. The quantitative estimate of drug-likeness (QED) is 0.391. The molecule has 3 N–H and O–H groups in total. The Morgan fingerprint density at radius 3 is 2.70 bits per heavy atom. The van der Waals surface area contributed by atoms with E-state index >= 15 is 0 Å². The van der Waals surface area contributed by atoms with Gasteiger partial charge in [0.2, 0.25) is 5.52 Å². The van der Waals surface area contributed by atoms with Crippen molar-refractivity contribution in [1.29, 1.82) is 0 Å². The van der Waals surface area contributed by atoms with Gasteiger partial charge in [-0.15, -0.1) is 0 Å². The number of nitrogens with zero attached hydrogens (tertiary/aromatic N) is 1. The van der Waals surface area contributed by atoms with Crippen LogP contribution >= 0.6 is 23.2 Å². The highest BCUT2D eigenvalue weighted by Gasteiger charge is 2.18. The van der Waals surface area contributed by atoms with Crippen LogP contribution in [0, 0.1) is 6.92 Å². The number of imidazole rings is 1. The third-order valence-electron chi connectivity index (χ3n) is 4.46. The minimum Gasteiger partial charge on any atom is -0.385 e. The average Bonchev–Trinajstić information content (AvgIpc) is 2.96. The SMILES string of the molecule is COCCCC[n+]1c(C)[nH]c2c(=O)[nH]c(NCc3ccc(Cl)c(Cl)c3)cc21. The van der Waals surface area contributed by atoms with Crippen molar-refractivity contribution < 1.29 is 9.30 Å². The number of nitrogens with one attached hydrogen (secondary N) is 3. The molecule has 3 aromatic rings. The van der Waals surface area contributed by atoms with Gasteiger partial charge in [0.1, 0.15) is 5.82 Å². The molecule has 144 valence electrons. The zero-order valence-electron chi connectivity index (χ0n) is 15.4. The molecule has 1 aromatic carbocycles. The molecule has 0 unspecified atom stereocenters. The van der Waals surface area contributed by atoms with E-state index in [0.29, 0.717) is 27.9 Å². The lowest BCUT2D eigenvalue weighted by atomic mass is 10.2. The smallest absolute Gasteiger partial charge is 0.301 e. The van der Waals surface area contributed by atoms with E-state index in [1.54, 1.807) is 13.2 Å². The maximum Gasteiger partial charge on any atom is 0.301 e. The van der Waals surface area contributed by atoms with Crippen LogP contribution in [0.1, 0.15) is 24.2 Å². The maximum absolute atomic E-state index is 12.5. The number of hydrogen-bond donors (Lipinski definition) is 3. The highest BCUT2D eigenvalue weighted by molar-refractivity contribution is 6.42. The van der Waals surface area contributed by atoms with Gasteiger partial charge in [0, 0.05) is 33.3 Å². The zero-order valence-corrected chi connectivity index (χ0v) is 16.9. The predicted octanol–water partition coefficient (Wildman–Crippen LogP) is 3.80. The number of benzene rings is 1. The van der Waals surface area contributed by atoms with Gasteiger partial charge in [-0.2, -0.15) is 0 Å². The first-order valence-corrected chi connectivity index (χ1v) is 9.57. The summed E-state index contributed by atoms with van der Waals surface area (Å²) in [4.78, 5) is 18.5. The summed E-state index contributed by atoms with van der Waals surface area (Å²) in [6.07, 6.45) is 1.95. The first-order valence-electron chi connectivity index (χ1n) is 8.81. The van der Waals surface area contributed by atoms with Crippen LogP contribution in [0.15, 0.2) is 29.1 Å². The van der Waals surface area contributed by atoms with Gasteiger partial charge in [0.05, 0.1) is 16.6 Å². The summed E-state index contributed by atoms with van der Waals surface area (Å²) in [5, 5.41) is 4.28. The second-order valence-electron chi connectivity index (χ2n) is 6.44. The molecule has 27 heavy (non-hydrogen) atoms. The normalized spacial score (nSPS) is 11.3. The number of unbranched alkanes of at least 4 members (excludes halogenated alkanes) is 1. The molecule has 0 saturated heterocycles. The van der Waals surface area contributed by atoms with Crippen LogP contribution in [0.3, 0.4) is 0 Å². The van der Waals surface area contributed by atoms with E-state index in [0.717, 1.165) is 42.9 Å². The van der Waals surface area contributed by atoms with E-state index in [4.69, 9.17) is 27.9 Å². The van der Waals surface area contributed by atoms with Crippen molar-refractivity contribution in [2.24, 2.45) is 0 Å². The molecule has 0 fully saturated rings. The fourth-order valence-corrected chi connectivity index (χ4v) is 3.38. The highest BCUT2D eigenvalue weighted by atomic mass is 35.5. The molecular weight excluding hydrogens is 387 g/mol. The fourth-order valence-electron chi connectivity index (χ4n) is 3.06. The second kappa shape index (κ2) is 8.78. The van der Waals surface area contributed by atoms with Crippen molar-refractivity contribution in [1.82, 2.24) is 9.97 Å². The Balaban J connectivity index is 1.81. The third kappa shape index (κ3) is 4.64. The fraction of sp³-hybridized carbons (Fsp3) is 0.368. The largest absolute Gasteiger partial charge is 0.385 e. The summed E-state index contributed by atoms with van der Waals surface area (Å²) >= 11 is 12.0. The monoisotopic (exact) mass is 409 g/mol. The number of fused-ring (bicyclic) bond motifs is 1. The zero-order chi connectivity index (χ0) is 19.4. The van der Waals surface area contributed by atoms with E-state index in [-0.39, 0.29) is 5.56 Å². The molecule has 0 radical (unpaired) electrons. The van der Waals surface area contributed by atoms with Crippen molar-refractivity contribution >= 4 is 40.1 Å². The Labute approximate surface area is 167 Å². The van der Waals surface area contributed by atoms with Crippen molar-refractivity contribution in [2.75, 3.05) is 19.0 Å². The lowest BCUT2D eigenvalue weighted by molar-refractivity contribution is -0.677. The van der Waals surface area contributed by atoms with Gasteiger partial charge in [-0.1, -0.05) is 29.3 Å². The number of hydrogen-bond acceptors (Lipinski definition) is 3. The lowest BCUT2D eigenvalue weighted by Crippen LogP contribution is -2.36. The number of aromatic nitrogens is 3. The summed E-state index contributed by atoms with van der Waals surface area (Å²) in [6, 6.07) is 7.42. The molecule has 8 heteroatoms. The molecule has 2 aromatic heterocycles. The number of halogens is 2. The van der Waals surface area contributed by atoms with Gasteiger partial charge in [-0.25, -0.2) is 9.55 Å². The van der Waals surface area contributed by atoms with E-state index < -0.39 is 0 Å². The molecule has 0 amide bonds. The van der Waals surface area contributed by atoms with Crippen molar-refractivity contribution in [2.45, 2.75) is 32.9 Å². The Morgan fingerprint density at radius 1 is 1.15 bits per heavy atom. The Morgan fingerprint density at radius 2 is 1.96 bits per heavy atom. The van der Waals surface area contributed by atoms with E-state index in [2.05, 4.69) is 19.9 Å². The van der Waals surface area contributed by atoms with Crippen molar-refractivity contribution in [3.63, 3.8) is 0 Å². The molecule has 0 aliphatic heterocycles. The number of pyridine rings is 1. The molecule has 0 aliphatic rings. The number of methoxy groups -OCH3 is 1. The Bertz CT molecular complexity index is 997. The molecule has 0 bridgehead atoms. The number of rotatable bonds is 8. The number of H-pyrrole nitrogens is 2. The lowest BCUT2D eigenvalue weighted by Gasteiger charge is -2.07. The summed E-state index contributed by atoms with van der Waals surface area (Å²) < 4.78 is 7.24. The number of aromatic amines is 2. The molecule has 0 spiro atoms. The van der Waals surface area contributed by atoms with Gasteiger partial charge in [-0.05, 0) is 30.5 Å². The van der Waals surface area contributed by atoms with Gasteiger partial charge in [0.15, 0.2) is 5.52 Å². The van der Waals surface area contributed by atoms with Gasteiger partial charge >= 0.3 is 5.56 Å². The van der Waals surface area contributed by atoms with Crippen LogP contribution in [0.5, 0.6) is 0 Å². The summed E-state index contributed by atoms with van der Waals surface area (Å²) in [5.74, 6) is 1.61. The molecule has 0 saturated carbocycles. The van der Waals surface area contributed by atoms with Crippen LogP contribution in [-0.2, 0) is 17.8 Å². The predicted molar refractivity (Wildman–Crippen MR) is 109 cm³/mol. The number of anilines is 1. The molecule has 3 rings (SSSR count). The van der Waals surface area contributed by atoms with E-state index in [1.807, 2.05) is 25.1 Å². The molecule has 0 atom stereocenters. The van der Waals surface area contributed by atoms with Crippen LogP contribution in [0.25, 0.3) is 11.0 Å². The second-order valence-corrected chi connectivity index (χ2v) is 7.25. The first kappa shape index (κ1) is 19.7. The van der Waals surface area contributed by atoms with Gasteiger partial charge < -0.3 is 15.0 Å². The molecular formula is C19H23Cl2N4O2+. The summed E-state index contributed by atoms with van der Waals surface area (Å²) in [6.45, 7) is 4.05. The van der Waals surface area contributed by atoms with Crippen molar-refractivity contribution in [3.8, 4) is 0 Å². The standard InChI is InChI=1S/C19H22Cl2N4O2/c1-12-23-18-16(25(12)7-3-4-8-27-2)10-17(24-19(18)26)22-11-13-5-6-14(20)15(21)9-13/h5-6,9-10H,3-4,7-8,11H2,1-2H3,(H2,22,24,26)/p+1. The van der Waals surface area contributed by atoms with Crippen LogP contribution in [-0.4, -0.2) is 23.7 Å². The highest BCUT2D eigenvalue weighted by Crippen LogP contribution is 2.23. The minimum absolute atomic E-state index is 0.150. The topological polar surface area (TPSA) is 73.8 Å². The average molecular weight is 410 g/mol. The third-order valence-corrected chi connectivity index (χ3v) is 5.20. The molecule has 2 heterocycles. The van der Waals surface area contributed by atoms with Crippen molar-refractivity contribution in [3.05, 3.63) is 56.1 Å². The van der Waals surface area contributed by atoms with Gasteiger partial charge in [-0.3, -0.25) is 4.79 Å². The number of aryl methyl sites for hydroxylation is 2. The molecule has 0 aliphatic carbocycles. The summed E-state index contributed by atoms with van der Waals surface area (Å²) in [7, 11) is 1.70. The Hall–Kier alpha value is -2.02. The Kier molecular flexibility index (Phi) is 6.42. The first-order chi connectivity index (χ1) is 13.0. The number of ether oxygens (including phenoxy) is 1.